The molecular weight excluding hydrogens is 162 g/mol. The first-order valence-electron chi connectivity index (χ1n) is 5.65. The second-order valence-corrected chi connectivity index (χ2v) is 4.88. The lowest BCUT2D eigenvalue weighted by molar-refractivity contribution is 0.0617. The number of hydrogen-bond acceptors (Lipinski definition) is 2. The molecule has 2 N–H and O–H groups in total. The van der Waals surface area contributed by atoms with Gasteiger partial charge in [-0.25, -0.2) is 0 Å². The van der Waals surface area contributed by atoms with E-state index < -0.39 is 0 Å². The summed E-state index contributed by atoms with van der Waals surface area (Å²) in [5.74, 6) is 0.868. The number of rotatable bonds is 4. The molecule has 0 saturated heterocycles. The van der Waals surface area contributed by atoms with Crippen LogP contribution in [0.5, 0.6) is 0 Å². The van der Waals surface area contributed by atoms with Gasteiger partial charge in [0.15, 0.2) is 0 Å². The highest BCUT2D eigenvalue weighted by molar-refractivity contribution is 4.87. The second-order valence-electron chi connectivity index (χ2n) is 4.88. The van der Waals surface area contributed by atoms with Crippen molar-refractivity contribution in [2.75, 3.05) is 13.2 Å². The lowest BCUT2D eigenvalue weighted by Crippen LogP contribution is -2.46. The van der Waals surface area contributed by atoms with Gasteiger partial charge in [-0.15, -0.1) is 0 Å². The van der Waals surface area contributed by atoms with Gasteiger partial charge < -0.3 is 10.5 Å². The fraction of sp³-hybridized carbons (Fsp3) is 1.00. The molecule has 0 unspecified atom stereocenters. The highest BCUT2D eigenvalue weighted by atomic mass is 16.5. The Morgan fingerprint density at radius 3 is 2.46 bits per heavy atom. The van der Waals surface area contributed by atoms with Crippen LogP contribution in [0, 0.1) is 5.92 Å². The van der Waals surface area contributed by atoms with Crippen molar-refractivity contribution in [1.29, 1.82) is 0 Å². The van der Waals surface area contributed by atoms with Crippen LogP contribution in [0.2, 0.25) is 0 Å². The zero-order valence-corrected chi connectivity index (χ0v) is 8.43. The molecule has 0 heterocycles. The monoisotopic (exact) mass is 183 g/mol. The molecule has 0 aromatic heterocycles. The Hall–Kier alpha value is -0.0800. The van der Waals surface area contributed by atoms with Gasteiger partial charge in [0.05, 0.1) is 6.61 Å². The molecule has 0 bridgehead atoms. The Balaban J connectivity index is 1.64. The third kappa shape index (κ3) is 2.96. The number of nitrogens with two attached hydrogens (primary N) is 1. The molecule has 13 heavy (non-hydrogen) atoms. The highest BCUT2D eigenvalue weighted by Gasteiger charge is 2.29. The van der Waals surface area contributed by atoms with Gasteiger partial charge in [-0.05, 0) is 31.6 Å². The first kappa shape index (κ1) is 9.47. The lowest BCUT2D eigenvalue weighted by atomic mass is 9.83. The van der Waals surface area contributed by atoms with E-state index >= 15 is 0 Å². The van der Waals surface area contributed by atoms with Crippen LogP contribution in [0.1, 0.15) is 44.9 Å². The zero-order chi connectivity index (χ0) is 9.15. The van der Waals surface area contributed by atoms with Crippen molar-refractivity contribution in [3.05, 3.63) is 0 Å². The molecule has 2 saturated carbocycles. The molecule has 0 aromatic rings. The van der Waals surface area contributed by atoms with Gasteiger partial charge in [0.2, 0.25) is 0 Å². The van der Waals surface area contributed by atoms with Crippen molar-refractivity contribution in [3.63, 3.8) is 0 Å². The number of ether oxygens (including phenoxy) is 1. The van der Waals surface area contributed by atoms with Crippen LogP contribution in [0.3, 0.4) is 0 Å². The molecule has 0 aromatic carbocycles. The molecule has 2 aliphatic carbocycles. The van der Waals surface area contributed by atoms with E-state index in [0.717, 1.165) is 32.0 Å². The smallest absolute Gasteiger partial charge is 0.0646 e. The molecule has 2 heteroatoms. The molecule has 2 nitrogen and oxygen atoms in total. The van der Waals surface area contributed by atoms with E-state index in [9.17, 15) is 0 Å². The van der Waals surface area contributed by atoms with E-state index in [4.69, 9.17) is 10.5 Å². The summed E-state index contributed by atoms with van der Waals surface area (Å²) in [4.78, 5) is 0. The maximum absolute atomic E-state index is 6.24. The van der Waals surface area contributed by atoms with Gasteiger partial charge in [0.25, 0.3) is 0 Å². The average molecular weight is 183 g/mol. The summed E-state index contributed by atoms with van der Waals surface area (Å²) in [5.41, 5.74) is 6.26. The van der Waals surface area contributed by atoms with Crippen LogP contribution >= 0.6 is 0 Å². The second kappa shape index (κ2) is 3.97. The minimum atomic E-state index is 0.0210. The van der Waals surface area contributed by atoms with E-state index in [1.165, 1.54) is 32.1 Å². The standard InChI is InChI=1S/C11H21NO/c12-11(6-2-1-3-7-11)9-13-8-10-4-5-10/h10H,1-9,12H2. The predicted molar refractivity (Wildman–Crippen MR) is 53.5 cm³/mol. The maximum Gasteiger partial charge on any atom is 0.0646 e. The van der Waals surface area contributed by atoms with Crippen molar-refractivity contribution in [3.8, 4) is 0 Å². The highest BCUT2D eigenvalue weighted by Crippen LogP contribution is 2.30. The normalized spacial score (nSPS) is 27.5. The quantitative estimate of drug-likeness (QED) is 0.724. The number of hydrogen-bond donors (Lipinski definition) is 1. The predicted octanol–water partition coefficient (Wildman–Crippen LogP) is 2.07. The Kier molecular flexibility index (Phi) is 2.89. The first-order chi connectivity index (χ1) is 6.29. The Labute approximate surface area is 80.8 Å². The van der Waals surface area contributed by atoms with E-state index in [1.807, 2.05) is 0 Å². The topological polar surface area (TPSA) is 35.2 Å². The fourth-order valence-corrected chi connectivity index (χ4v) is 2.11. The van der Waals surface area contributed by atoms with Gasteiger partial charge in [-0.2, -0.15) is 0 Å². The lowest BCUT2D eigenvalue weighted by Gasteiger charge is -2.33. The Morgan fingerprint density at radius 2 is 1.85 bits per heavy atom. The summed E-state index contributed by atoms with van der Waals surface area (Å²) in [6, 6.07) is 0. The third-order valence-corrected chi connectivity index (χ3v) is 3.29. The van der Waals surface area contributed by atoms with Crippen molar-refractivity contribution < 1.29 is 4.74 Å². The molecule has 76 valence electrons. The van der Waals surface area contributed by atoms with Crippen LogP contribution in [-0.4, -0.2) is 18.8 Å². The van der Waals surface area contributed by atoms with E-state index in [2.05, 4.69) is 0 Å². The minimum Gasteiger partial charge on any atom is -0.379 e. The summed E-state index contributed by atoms with van der Waals surface area (Å²) in [5, 5.41) is 0. The van der Waals surface area contributed by atoms with Crippen LogP contribution < -0.4 is 5.73 Å². The van der Waals surface area contributed by atoms with Crippen LogP contribution in [0.4, 0.5) is 0 Å². The Bertz CT molecular complexity index is 159. The maximum atomic E-state index is 6.24. The summed E-state index contributed by atoms with van der Waals surface area (Å²) in [7, 11) is 0. The summed E-state index contributed by atoms with van der Waals surface area (Å²) >= 11 is 0. The fourth-order valence-electron chi connectivity index (χ4n) is 2.11. The summed E-state index contributed by atoms with van der Waals surface area (Å²) in [6.07, 6.45) is 9.03. The molecule has 2 fully saturated rings. The van der Waals surface area contributed by atoms with E-state index in [0.29, 0.717) is 0 Å². The molecule has 0 atom stereocenters. The van der Waals surface area contributed by atoms with Crippen molar-refractivity contribution in [1.82, 2.24) is 0 Å². The molecular formula is C11H21NO. The van der Waals surface area contributed by atoms with Crippen molar-refractivity contribution >= 4 is 0 Å². The van der Waals surface area contributed by atoms with Crippen molar-refractivity contribution in [2.24, 2.45) is 11.7 Å². The largest absolute Gasteiger partial charge is 0.379 e. The third-order valence-electron chi connectivity index (χ3n) is 3.29. The van der Waals surface area contributed by atoms with Gasteiger partial charge in [-0.1, -0.05) is 19.3 Å². The average Bonchev–Trinajstić information content (AvgIpc) is 2.89. The van der Waals surface area contributed by atoms with Gasteiger partial charge in [-0.3, -0.25) is 0 Å². The van der Waals surface area contributed by atoms with Crippen molar-refractivity contribution in [2.45, 2.75) is 50.5 Å². The molecule has 2 rings (SSSR count). The zero-order valence-electron chi connectivity index (χ0n) is 8.43. The molecule has 0 spiro atoms. The van der Waals surface area contributed by atoms with Crippen LogP contribution in [-0.2, 0) is 4.74 Å². The SMILES string of the molecule is NC1(COCC2CC2)CCCCC1. The molecule has 0 aliphatic heterocycles. The van der Waals surface area contributed by atoms with Gasteiger partial charge in [0.1, 0.15) is 0 Å². The van der Waals surface area contributed by atoms with Crippen LogP contribution in [0.25, 0.3) is 0 Å². The van der Waals surface area contributed by atoms with Gasteiger partial charge in [0, 0.05) is 12.1 Å². The van der Waals surface area contributed by atoms with Crippen LogP contribution in [0.15, 0.2) is 0 Å². The molecule has 0 radical (unpaired) electrons. The summed E-state index contributed by atoms with van der Waals surface area (Å²) < 4.78 is 5.68. The van der Waals surface area contributed by atoms with E-state index in [1.54, 1.807) is 0 Å². The first-order valence-corrected chi connectivity index (χ1v) is 5.65. The minimum absolute atomic E-state index is 0.0210. The molecule has 0 amide bonds. The van der Waals surface area contributed by atoms with E-state index in [-0.39, 0.29) is 5.54 Å². The molecule has 2 aliphatic rings. The Morgan fingerprint density at radius 1 is 1.15 bits per heavy atom. The van der Waals surface area contributed by atoms with Gasteiger partial charge >= 0.3 is 0 Å². The summed E-state index contributed by atoms with van der Waals surface area (Å²) in [6.45, 7) is 1.75.